The van der Waals surface area contributed by atoms with Crippen molar-refractivity contribution in [2.45, 2.75) is 54.9 Å². The van der Waals surface area contributed by atoms with Crippen LogP contribution in [0.25, 0.3) is 0 Å². The van der Waals surface area contributed by atoms with Gasteiger partial charge in [0, 0.05) is 43.3 Å². The second-order valence-electron chi connectivity index (χ2n) is 12.8. The van der Waals surface area contributed by atoms with Crippen LogP contribution in [0.3, 0.4) is 0 Å². The molecule has 1 unspecified atom stereocenters. The highest BCUT2D eigenvalue weighted by Gasteiger charge is 2.63. The summed E-state index contributed by atoms with van der Waals surface area (Å²) < 4.78 is 80.9. The number of carbonyl (C=O) groups excluding carboxylic acids is 2. The van der Waals surface area contributed by atoms with Gasteiger partial charge in [-0.15, -0.1) is 0 Å². The second-order valence-corrected chi connectivity index (χ2v) is 15.0. The molecule has 3 aromatic rings. The Bertz CT molecular complexity index is 1960. The summed E-state index contributed by atoms with van der Waals surface area (Å²) in [6.45, 7) is 3.04. The van der Waals surface area contributed by atoms with E-state index in [1.54, 1.807) is 20.2 Å². The summed E-state index contributed by atoms with van der Waals surface area (Å²) >= 11 is 6.58. The Balaban J connectivity index is 0.000000679. The fourth-order valence-corrected chi connectivity index (χ4v) is 8.68. The number of hydrogen-bond donors (Lipinski definition) is 1. The second kappa shape index (κ2) is 15.0. The van der Waals surface area contributed by atoms with Gasteiger partial charge in [0.05, 0.1) is 23.7 Å². The number of sulfonamides is 1. The Morgan fingerprint density at radius 1 is 0.981 bits per heavy atom. The van der Waals surface area contributed by atoms with Crippen LogP contribution in [0.1, 0.15) is 42.4 Å². The average Bonchev–Trinajstić information content (AvgIpc) is 3.84. The molecule has 2 atom stereocenters. The molecule has 0 spiro atoms. The Hall–Kier alpha value is -4.25. The molecule has 0 saturated carbocycles. The highest BCUT2D eigenvalue weighted by Crippen LogP contribution is 2.55. The number of amides is 2. The number of anilines is 1. The normalized spacial score (nSPS) is 20.7. The van der Waals surface area contributed by atoms with E-state index >= 15 is 4.79 Å². The first-order valence-corrected chi connectivity index (χ1v) is 18.1. The molecule has 2 fully saturated rings. The van der Waals surface area contributed by atoms with E-state index in [0.29, 0.717) is 47.8 Å². The van der Waals surface area contributed by atoms with E-state index in [2.05, 4.69) is 4.90 Å². The van der Waals surface area contributed by atoms with Gasteiger partial charge in [0.25, 0.3) is 15.9 Å². The van der Waals surface area contributed by atoms with Crippen molar-refractivity contribution in [1.29, 1.82) is 0 Å². The van der Waals surface area contributed by atoms with Gasteiger partial charge < -0.3 is 14.7 Å². The minimum atomic E-state index is -5.08. The number of hydrogen-bond acceptors (Lipinski definition) is 8. The fraction of sp³-hybridized carbons (Fsp3) is 0.400. The van der Waals surface area contributed by atoms with E-state index < -0.39 is 45.5 Å². The van der Waals surface area contributed by atoms with Crippen LogP contribution in [0.15, 0.2) is 65.6 Å². The number of fused-ring (bicyclic) bond motifs is 1. The van der Waals surface area contributed by atoms with E-state index in [4.69, 9.17) is 26.2 Å². The number of rotatable bonds is 8. The summed E-state index contributed by atoms with van der Waals surface area (Å²) in [6, 6.07) is 13.9. The zero-order chi connectivity index (χ0) is 38.2. The zero-order valence-corrected chi connectivity index (χ0v) is 30.1. The molecule has 6 rings (SSSR count). The molecule has 1 N–H and O–H groups in total. The maximum Gasteiger partial charge on any atom is 0.490 e. The number of carboxylic acid groups (broad SMARTS) is 1. The van der Waals surface area contributed by atoms with Gasteiger partial charge in [0.2, 0.25) is 5.91 Å². The van der Waals surface area contributed by atoms with Crippen LogP contribution in [-0.2, 0) is 36.5 Å². The van der Waals surface area contributed by atoms with E-state index in [1.165, 1.54) is 24.1 Å². The van der Waals surface area contributed by atoms with Crippen molar-refractivity contribution in [1.82, 2.24) is 14.7 Å². The third-order valence-electron chi connectivity index (χ3n) is 9.33. The minimum Gasteiger partial charge on any atom is -0.496 e. The van der Waals surface area contributed by atoms with Gasteiger partial charge >= 0.3 is 12.1 Å². The quantitative estimate of drug-likeness (QED) is 0.306. The van der Waals surface area contributed by atoms with Crippen molar-refractivity contribution in [2.75, 3.05) is 45.1 Å². The summed E-state index contributed by atoms with van der Waals surface area (Å²) in [7, 11) is 0.302. The van der Waals surface area contributed by atoms with E-state index in [9.17, 15) is 30.8 Å². The molecule has 280 valence electrons. The molecular formula is C35H37ClF4N4O7S. The molecule has 52 heavy (non-hydrogen) atoms. The van der Waals surface area contributed by atoms with E-state index in [0.717, 1.165) is 60.1 Å². The molecule has 2 saturated heterocycles. The molecule has 3 heterocycles. The van der Waals surface area contributed by atoms with Gasteiger partial charge in [-0.2, -0.15) is 13.2 Å². The number of benzene rings is 3. The third-order valence-corrected chi connectivity index (χ3v) is 11.3. The Morgan fingerprint density at radius 2 is 1.62 bits per heavy atom. The number of carboxylic acids is 1. The molecule has 0 bridgehead atoms. The number of carbonyl (C=O) groups is 3. The van der Waals surface area contributed by atoms with Crippen molar-refractivity contribution in [3.05, 3.63) is 88.2 Å². The van der Waals surface area contributed by atoms with Crippen LogP contribution in [0, 0.1) is 5.82 Å². The topological polar surface area (TPSA) is 128 Å². The maximum atomic E-state index is 15.2. The number of halogens is 5. The summed E-state index contributed by atoms with van der Waals surface area (Å²) in [4.78, 5) is 43.2. The number of nitrogens with zero attached hydrogens (tertiary/aromatic N) is 4. The van der Waals surface area contributed by atoms with Gasteiger partial charge in [-0.05, 0) is 92.9 Å². The highest BCUT2D eigenvalue weighted by atomic mass is 35.5. The first-order chi connectivity index (χ1) is 24.4. The molecule has 3 aliphatic heterocycles. The zero-order valence-electron chi connectivity index (χ0n) is 28.5. The van der Waals surface area contributed by atoms with Crippen molar-refractivity contribution in [3.63, 3.8) is 0 Å². The number of ether oxygens (including phenoxy) is 1. The summed E-state index contributed by atoms with van der Waals surface area (Å²) in [5, 5.41) is 7.42. The van der Waals surface area contributed by atoms with Crippen molar-refractivity contribution in [3.8, 4) is 5.75 Å². The van der Waals surface area contributed by atoms with Crippen LogP contribution in [0.2, 0.25) is 5.02 Å². The lowest BCUT2D eigenvalue weighted by molar-refractivity contribution is -0.192. The lowest BCUT2D eigenvalue weighted by atomic mass is 9.80. The number of alkyl halides is 3. The molecule has 0 aliphatic carbocycles. The van der Waals surface area contributed by atoms with Crippen molar-refractivity contribution in [2.24, 2.45) is 0 Å². The maximum absolute atomic E-state index is 15.2. The number of likely N-dealkylation sites (N-methyl/N-ethyl adjacent to an activating group) is 1. The van der Waals surface area contributed by atoms with Crippen LogP contribution in [0.4, 0.5) is 23.2 Å². The van der Waals surface area contributed by atoms with E-state index in [-0.39, 0.29) is 16.5 Å². The number of aliphatic carboxylic acids is 1. The summed E-state index contributed by atoms with van der Waals surface area (Å²) in [6.07, 6.45) is -1.73. The van der Waals surface area contributed by atoms with Gasteiger partial charge in [-0.3, -0.25) is 19.4 Å². The van der Waals surface area contributed by atoms with Crippen LogP contribution in [0.5, 0.6) is 5.75 Å². The number of likely N-dealkylation sites (tertiary alicyclic amines) is 2. The highest BCUT2D eigenvalue weighted by molar-refractivity contribution is 7.93. The summed E-state index contributed by atoms with van der Waals surface area (Å²) in [5.41, 5.74) is 0.0635. The largest absolute Gasteiger partial charge is 0.496 e. The lowest BCUT2D eigenvalue weighted by Crippen LogP contribution is -2.59. The third kappa shape index (κ3) is 7.21. The van der Waals surface area contributed by atoms with Crippen molar-refractivity contribution < 1.29 is 50.2 Å². The van der Waals surface area contributed by atoms with Crippen LogP contribution in [-0.4, -0.2) is 99.1 Å². The smallest absolute Gasteiger partial charge is 0.490 e. The predicted octanol–water partition coefficient (Wildman–Crippen LogP) is 5.25. The van der Waals surface area contributed by atoms with Crippen LogP contribution >= 0.6 is 11.6 Å². The average molecular weight is 769 g/mol. The Kier molecular flexibility index (Phi) is 11.2. The molecule has 2 amide bonds. The van der Waals surface area contributed by atoms with Crippen molar-refractivity contribution >= 4 is 45.1 Å². The SMILES string of the molecule is COc1cc(CN2CCCC2)ccc1[C@]1(N2CCCC2C(=O)N(C)C)C(=O)N(S(=O)(=O)c2ccc(F)cc2)c2ccc(Cl)cc21.O=C(O)C(F)(F)F. The molecule has 0 radical (unpaired) electrons. The molecule has 17 heteroatoms. The standard InChI is InChI=1S/C33H36ClFN4O5S.C2HF3O2/c1-36(2)31(40)29-7-6-18-38(29)33(26-14-8-22(19-30(26)44-3)21-37-16-4-5-17-37)27-20-23(34)9-15-28(27)39(32(33)41)45(42,43)25-12-10-24(35)11-13-25;3-2(4,5)1(6)7/h8-15,19-20,29H,4-7,16-18,21H2,1-3H3;(H,6,7)/t29?,33-;/m1./s1. The minimum absolute atomic E-state index is 0.111. The first-order valence-electron chi connectivity index (χ1n) is 16.3. The van der Waals surface area contributed by atoms with Gasteiger partial charge in [0.15, 0.2) is 5.54 Å². The molecule has 3 aliphatic rings. The van der Waals surface area contributed by atoms with Gasteiger partial charge in [0.1, 0.15) is 11.6 Å². The van der Waals surface area contributed by atoms with E-state index in [1.807, 2.05) is 23.1 Å². The Morgan fingerprint density at radius 3 is 2.19 bits per heavy atom. The fourth-order valence-electron chi connectivity index (χ4n) is 7.04. The first kappa shape index (κ1) is 39.0. The Labute approximate surface area is 303 Å². The molecule has 3 aromatic carbocycles. The van der Waals surface area contributed by atoms with Gasteiger partial charge in [-0.1, -0.05) is 23.7 Å². The lowest BCUT2D eigenvalue weighted by Gasteiger charge is -2.42. The number of methoxy groups -OCH3 is 1. The summed E-state index contributed by atoms with van der Waals surface area (Å²) in [5.74, 6) is -3.95. The molecule has 11 nitrogen and oxygen atoms in total. The van der Waals surface area contributed by atoms with Crippen LogP contribution < -0.4 is 9.04 Å². The predicted molar refractivity (Wildman–Crippen MR) is 183 cm³/mol. The monoisotopic (exact) mass is 768 g/mol. The van der Waals surface area contributed by atoms with Gasteiger partial charge in [-0.25, -0.2) is 21.9 Å². The molecule has 0 aromatic heterocycles. The molecular weight excluding hydrogens is 732 g/mol.